The van der Waals surface area contributed by atoms with E-state index in [-0.39, 0.29) is 18.0 Å². The second-order valence-electron chi connectivity index (χ2n) is 7.82. The second kappa shape index (κ2) is 9.88. The minimum atomic E-state index is -0.0392. The van der Waals surface area contributed by atoms with Gasteiger partial charge >= 0.3 is 5.95 Å². The maximum Gasteiger partial charge on any atom is 0.324 e. The fourth-order valence-electron chi connectivity index (χ4n) is 3.87. The summed E-state index contributed by atoms with van der Waals surface area (Å²) in [5.41, 5.74) is 4.40. The molecular formula is C26H25N5O. The molecule has 0 aliphatic carbocycles. The summed E-state index contributed by atoms with van der Waals surface area (Å²) in [5, 5.41) is 3.26. The highest BCUT2D eigenvalue weighted by atomic mass is 16.1. The molecule has 0 bridgehead atoms. The topological polar surface area (TPSA) is 62.5 Å². The van der Waals surface area contributed by atoms with Gasteiger partial charge in [0.2, 0.25) is 0 Å². The molecule has 1 fully saturated rings. The second-order valence-corrected chi connectivity index (χ2v) is 7.82. The van der Waals surface area contributed by atoms with Crippen LogP contribution >= 0.6 is 0 Å². The van der Waals surface area contributed by atoms with Gasteiger partial charge in [0.25, 0.3) is 5.82 Å². The van der Waals surface area contributed by atoms with Crippen molar-refractivity contribution in [1.29, 1.82) is 0 Å². The van der Waals surface area contributed by atoms with Crippen LogP contribution < -0.4 is 10.2 Å². The summed E-state index contributed by atoms with van der Waals surface area (Å²) < 4.78 is 0. The third-order valence-electron chi connectivity index (χ3n) is 5.48. The van der Waals surface area contributed by atoms with Crippen molar-refractivity contribution in [2.75, 3.05) is 23.3 Å². The van der Waals surface area contributed by atoms with Gasteiger partial charge in [-0.2, -0.15) is 4.98 Å². The Bertz CT molecular complexity index is 1170. The summed E-state index contributed by atoms with van der Waals surface area (Å²) in [5.74, 6) is 0.594. The van der Waals surface area contributed by atoms with Gasteiger partial charge in [0.15, 0.2) is 5.78 Å². The lowest BCUT2D eigenvalue weighted by Crippen LogP contribution is -2.29. The van der Waals surface area contributed by atoms with Gasteiger partial charge in [-0.15, -0.1) is 0 Å². The van der Waals surface area contributed by atoms with Crippen molar-refractivity contribution in [1.82, 2.24) is 9.97 Å². The molecule has 1 N–H and O–H groups in total. The molecule has 2 heterocycles. The summed E-state index contributed by atoms with van der Waals surface area (Å²) in [6, 6.07) is 17.5. The van der Waals surface area contributed by atoms with E-state index in [0.717, 1.165) is 29.9 Å². The summed E-state index contributed by atoms with van der Waals surface area (Å²) in [7, 11) is 0. The number of allylic oxidation sites excluding steroid dienone is 1. The number of rotatable bonds is 7. The predicted molar refractivity (Wildman–Crippen MR) is 128 cm³/mol. The van der Waals surface area contributed by atoms with Crippen molar-refractivity contribution in [2.24, 2.45) is 0 Å². The molecule has 3 aromatic rings. The number of nitrogens with one attached hydrogen (secondary N) is 1. The third kappa shape index (κ3) is 5.19. The van der Waals surface area contributed by atoms with Gasteiger partial charge in [0, 0.05) is 30.9 Å². The average Bonchev–Trinajstić information content (AvgIpc) is 2.84. The minimum absolute atomic E-state index is 0.0392. The molecule has 1 saturated heterocycles. The van der Waals surface area contributed by atoms with E-state index in [9.17, 15) is 4.79 Å². The van der Waals surface area contributed by atoms with Crippen molar-refractivity contribution >= 4 is 28.9 Å². The zero-order valence-corrected chi connectivity index (χ0v) is 17.9. The molecule has 32 heavy (non-hydrogen) atoms. The van der Waals surface area contributed by atoms with Crippen LogP contribution in [0.4, 0.5) is 23.1 Å². The van der Waals surface area contributed by atoms with Crippen LogP contribution in [0.2, 0.25) is 0 Å². The Kier molecular flexibility index (Phi) is 6.57. The van der Waals surface area contributed by atoms with Gasteiger partial charge in [0.1, 0.15) is 0 Å². The molecule has 4 rings (SSSR count). The zero-order valence-electron chi connectivity index (χ0n) is 17.9. The van der Waals surface area contributed by atoms with Crippen LogP contribution in [0.1, 0.15) is 24.8 Å². The van der Waals surface area contributed by atoms with Crippen LogP contribution in [0, 0.1) is 6.57 Å². The van der Waals surface area contributed by atoms with E-state index in [0.29, 0.717) is 11.6 Å². The lowest BCUT2D eigenvalue weighted by molar-refractivity contribution is -0.114. The number of benzene rings is 2. The first kappa shape index (κ1) is 21.3. The van der Waals surface area contributed by atoms with E-state index in [4.69, 9.17) is 6.57 Å². The molecule has 0 unspecified atom stereocenters. The van der Waals surface area contributed by atoms with E-state index in [1.165, 1.54) is 31.0 Å². The molecule has 0 radical (unpaired) electrons. The minimum Gasteiger partial charge on any atom is -0.371 e. The molecule has 6 heteroatoms. The largest absolute Gasteiger partial charge is 0.371 e. The average molecular weight is 424 g/mol. The number of piperidine rings is 1. The van der Waals surface area contributed by atoms with Gasteiger partial charge in [-0.3, -0.25) is 4.79 Å². The van der Waals surface area contributed by atoms with Gasteiger partial charge in [-0.05, 0) is 66.8 Å². The monoisotopic (exact) mass is 423 g/mol. The van der Waals surface area contributed by atoms with Crippen molar-refractivity contribution in [3.8, 4) is 11.3 Å². The summed E-state index contributed by atoms with van der Waals surface area (Å²) in [6.45, 7) is 13.1. The van der Waals surface area contributed by atoms with Crippen molar-refractivity contribution < 1.29 is 4.79 Å². The standard InChI is InChI=1S/C26H25N5O/c1-3-23(32)16-19-9-7-10-20(15-19)24-18-25(27-2)30-26(29-24)28-21-11-8-12-22(17-21)31-13-5-4-6-14-31/h3,7-12,15,17-18H,1,4-6,13-14,16H2,(H,28,29,30). The molecule has 0 saturated carbocycles. The lowest BCUT2D eigenvalue weighted by atomic mass is 10.0. The fraction of sp³-hybridized carbons (Fsp3) is 0.231. The van der Waals surface area contributed by atoms with Crippen molar-refractivity contribution in [2.45, 2.75) is 25.7 Å². The number of carbonyl (C=O) groups excluding carboxylic acids is 1. The van der Waals surface area contributed by atoms with Crippen LogP contribution in [-0.4, -0.2) is 28.8 Å². The molecular weight excluding hydrogens is 398 g/mol. The molecule has 1 aliphatic rings. The van der Waals surface area contributed by atoms with Crippen LogP contribution in [0.5, 0.6) is 0 Å². The zero-order chi connectivity index (χ0) is 22.3. The Morgan fingerprint density at radius 2 is 1.91 bits per heavy atom. The maximum atomic E-state index is 11.7. The quantitative estimate of drug-likeness (QED) is 0.389. The fourth-order valence-corrected chi connectivity index (χ4v) is 3.87. The van der Waals surface area contributed by atoms with Crippen LogP contribution in [-0.2, 0) is 11.2 Å². The number of ketones is 1. The van der Waals surface area contributed by atoms with Crippen molar-refractivity contribution in [3.05, 3.63) is 84.2 Å². The van der Waals surface area contributed by atoms with Crippen LogP contribution in [0.3, 0.4) is 0 Å². The highest BCUT2D eigenvalue weighted by Gasteiger charge is 2.14. The third-order valence-corrected chi connectivity index (χ3v) is 5.48. The number of carbonyl (C=O) groups is 1. The first-order valence-corrected chi connectivity index (χ1v) is 10.8. The smallest absolute Gasteiger partial charge is 0.324 e. The first-order chi connectivity index (χ1) is 15.6. The summed E-state index contributed by atoms with van der Waals surface area (Å²) in [6.07, 6.45) is 5.33. The first-order valence-electron chi connectivity index (χ1n) is 10.8. The predicted octanol–water partition coefficient (Wildman–Crippen LogP) is 5.73. The maximum absolute atomic E-state index is 11.7. The van der Waals surface area contributed by atoms with Gasteiger partial charge in [-0.25, -0.2) is 0 Å². The van der Waals surface area contributed by atoms with Crippen LogP contribution in [0.15, 0.2) is 67.3 Å². The number of hydrogen-bond donors (Lipinski definition) is 1. The molecule has 1 aliphatic heterocycles. The molecule has 2 aromatic carbocycles. The summed E-state index contributed by atoms with van der Waals surface area (Å²) >= 11 is 0. The van der Waals surface area contributed by atoms with E-state index in [1.807, 2.05) is 36.4 Å². The molecule has 160 valence electrons. The van der Waals surface area contributed by atoms with Crippen LogP contribution in [0.25, 0.3) is 16.1 Å². The normalized spacial score (nSPS) is 13.3. The van der Waals surface area contributed by atoms with Gasteiger partial charge in [-0.1, -0.05) is 42.4 Å². The molecule has 1 aromatic heterocycles. The molecule has 0 atom stereocenters. The number of aromatic nitrogens is 2. The number of nitrogens with zero attached hydrogens (tertiary/aromatic N) is 4. The number of anilines is 3. The molecule has 0 amide bonds. The van der Waals surface area contributed by atoms with Crippen molar-refractivity contribution in [3.63, 3.8) is 0 Å². The lowest BCUT2D eigenvalue weighted by Gasteiger charge is -2.29. The Morgan fingerprint density at radius 1 is 1.09 bits per heavy atom. The number of hydrogen-bond acceptors (Lipinski definition) is 5. The van der Waals surface area contributed by atoms with E-state index >= 15 is 0 Å². The van der Waals surface area contributed by atoms with Gasteiger partial charge < -0.3 is 15.1 Å². The Morgan fingerprint density at radius 3 is 2.69 bits per heavy atom. The SMILES string of the molecule is [C-]#[N+]c1cc(-c2cccc(CC(=O)C=C)c2)nc(Nc2cccc(N3CCCCC3)c2)n1. The summed E-state index contributed by atoms with van der Waals surface area (Å²) in [4.78, 5) is 26.6. The highest BCUT2D eigenvalue weighted by Crippen LogP contribution is 2.27. The van der Waals surface area contributed by atoms with E-state index in [1.54, 1.807) is 6.07 Å². The van der Waals surface area contributed by atoms with Gasteiger partial charge in [0.05, 0.1) is 5.69 Å². The Labute approximate surface area is 188 Å². The van der Waals surface area contributed by atoms with E-state index in [2.05, 4.69) is 43.7 Å². The Balaban J connectivity index is 1.61. The highest BCUT2D eigenvalue weighted by molar-refractivity contribution is 5.91. The Hall–Kier alpha value is -3.98. The molecule has 0 spiro atoms. The molecule has 6 nitrogen and oxygen atoms in total. The van der Waals surface area contributed by atoms with E-state index < -0.39 is 0 Å².